The molecule has 0 aliphatic rings. The van der Waals surface area contributed by atoms with Crippen LogP contribution in [0.2, 0.25) is 0 Å². The number of halogens is 4. The number of alkyl halides is 3. The van der Waals surface area contributed by atoms with Gasteiger partial charge in [-0.2, -0.15) is 5.10 Å². The van der Waals surface area contributed by atoms with Gasteiger partial charge in [0.2, 0.25) is 11.8 Å². The monoisotopic (exact) mass is 532 g/mol. The van der Waals surface area contributed by atoms with Gasteiger partial charge in [-0.25, -0.2) is 18.9 Å². The fraction of sp³-hybridized carbons (Fsp3) is 0.208. The molecular formula is C24H20F4N6O4. The van der Waals surface area contributed by atoms with E-state index in [1.165, 1.54) is 30.8 Å². The van der Waals surface area contributed by atoms with E-state index in [1.807, 2.05) is 0 Å². The molecule has 38 heavy (non-hydrogen) atoms. The number of ether oxygens (including phenoxy) is 2. The standard InChI is InChI=1S/C24H20F4N6O4/c1-12-21(31-13(2)35)32-20-7-6-19(33-34(12)20)15-9-17(23(37-3)30-11-15)22(36)29-10-14-8-16(4-5-18(14)25)38-24(26,27)28/h4-9,11H,10H2,1-3H3,(H,29,36)(H,31,35). The van der Waals surface area contributed by atoms with Gasteiger partial charge in [0.1, 0.15) is 17.1 Å². The van der Waals surface area contributed by atoms with E-state index in [4.69, 9.17) is 4.74 Å². The minimum absolute atomic E-state index is 0.0173. The lowest BCUT2D eigenvalue weighted by atomic mass is 10.1. The number of amides is 2. The van der Waals surface area contributed by atoms with Gasteiger partial charge in [-0.05, 0) is 43.3 Å². The van der Waals surface area contributed by atoms with Gasteiger partial charge in [0.15, 0.2) is 11.5 Å². The Bertz CT molecular complexity index is 1540. The molecule has 0 fully saturated rings. The van der Waals surface area contributed by atoms with Crippen molar-refractivity contribution in [3.63, 3.8) is 0 Å². The van der Waals surface area contributed by atoms with Gasteiger partial charge in [-0.3, -0.25) is 9.59 Å². The van der Waals surface area contributed by atoms with Gasteiger partial charge in [0.05, 0.1) is 18.5 Å². The number of nitrogens with one attached hydrogen (secondary N) is 2. The van der Waals surface area contributed by atoms with Crippen LogP contribution in [0.1, 0.15) is 28.5 Å². The summed E-state index contributed by atoms with van der Waals surface area (Å²) in [5, 5.41) is 9.58. The van der Waals surface area contributed by atoms with Crippen LogP contribution in [0.3, 0.4) is 0 Å². The smallest absolute Gasteiger partial charge is 0.480 e. The number of carbonyl (C=O) groups excluding carboxylic acids is 2. The molecule has 2 amide bonds. The van der Waals surface area contributed by atoms with Crippen molar-refractivity contribution in [2.45, 2.75) is 26.8 Å². The number of imidazole rings is 1. The van der Waals surface area contributed by atoms with Gasteiger partial charge < -0.3 is 20.1 Å². The number of methoxy groups -OCH3 is 1. The fourth-order valence-corrected chi connectivity index (χ4v) is 3.55. The molecule has 4 aromatic rings. The van der Waals surface area contributed by atoms with E-state index in [2.05, 4.69) is 30.4 Å². The fourth-order valence-electron chi connectivity index (χ4n) is 3.55. The van der Waals surface area contributed by atoms with Gasteiger partial charge in [-0.15, -0.1) is 13.2 Å². The topological polar surface area (TPSA) is 120 Å². The highest BCUT2D eigenvalue weighted by atomic mass is 19.4. The molecule has 10 nitrogen and oxygen atoms in total. The maximum absolute atomic E-state index is 14.2. The number of aromatic nitrogens is 4. The quantitative estimate of drug-likeness (QED) is 0.345. The lowest BCUT2D eigenvalue weighted by Gasteiger charge is -2.13. The van der Waals surface area contributed by atoms with Crippen LogP contribution in [0.5, 0.6) is 11.6 Å². The number of aryl methyl sites for hydroxylation is 1. The molecular weight excluding hydrogens is 512 g/mol. The highest BCUT2D eigenvalue weighted by molar-refractivity contribution is 5.97. The van der Waals surface area contributed by atoms with Crippen molar-refractivity contribution in [3.8, 4) is 22.9 Å². The zero-order valence-corrected chi connectivity index (χ0v) is 20.2. The van der Waals surface area contributed by atoms with E-state index in [0.29, 0.717) is 28.4 Å². The molecule has 2 N–H and O–H groups in total. The number of rotatable bonds is 7. The minimum Gasteiger partial charge on any atom is -0.480 e. The lowest BCUT2D eigenvalue weighted by Crippen LogP contribution is -2.24. The second-order valence-corrected chi connectivity index (χ2v) is 7.98. The first kappa shape index (κ1) is 26.3. The van der Waals surface area contributed by atoms with Crippen LogP contribution < -0.4 is 20.1 Å². The summed E-state index contributed by atoms with van der Waals surface area (Å²) in [6.45, 7) is 2.65. The lowest BCUT2D eigenvalue weighted by molar-refractivity contribution is -0.274. The summed E-state index contributed by atoms with van der Waals surface area (Å²) in [6.07, 6.45) is -3.52. The average molecular weight is 532 g/mol. The third-order valence-electron chi connectivity index (χ3n) is 5.27. The van der Waals surface area contributed by atoms with Crippen LogP contribution in [0.25, 0.3) is 16.9 Å². The van der Waals surface area contributed by atoms with Crippen LogP contribution >= 0.6 is 0 Å². The molecule has 0 atom stereocenters. The Morgan fingerprint density at radius 3 is 2.58 bits per heavy atom. The predicted octanol–water partition coefficient (Wildman–Crippen LogP) is 4.03. The Morgan fingerprint density at radius 2 is 1.89 bits per heavy atom. The summed E-state index contributed by atoms with van der Waals surface area (Å²) >= 11 is 0. The van der Waals surface area contributed by atoms with Crippen molar-refractivity contribution in [1.29, 1.82) is 0 Å². The van der Waals surface area contributed by atoms with Crippen LogP contribution in [-0.4, -0.2) is 44.9 Å². The SMILES string of the molecule is COc1ncc(-c2ccc3nc(NC(C)=O)c(C)n3n2)cc1C(=O)NCc1cc(OC(F)(F)F)ccc1F. The molecule has 3 heterocycles. The van der Waals surface area contributed by atoms with Gasteiger partial charge in [-0.1, -0.05) is 0 Å². The number of benzene rings is 1. The van der Waals surface area contributed by atoms with Crippen molar-refractivity contribution in [2.75, 3.05) is 12.4 Å². The predicted molar refractivity (Wildman–Crippen MR) is 126 cm³/mol. The van der Waals surface area contributed by atoms with E-state index < -0.39 is 30.4 Å². The molecule has 0 aliphatic heterocycles. The number of carbonyl (C=O) groups is 2. The van der Waals surface area contributed by atoms with Crippen LogP contribution in [-0.2, 0) is 11.3 Å². The van der Waals surface area contributed by atoms with Crippen molar-refractivity contribution in [1.82, 2.24) is 24.9 Å². The Labute approximate surface area is 212 Å². The zero-order chi connectivity index (χ0) is 27.6. The Hall–Kier alpha value is -4.75. The molecule has 0 spiro atoms. The number of fused-ring (bicyclic) bond motifs is 1. The maximum Gasteiger partial charge on any atom is 0.573 e. The van der Waals surface area contributed by atoms with Crippen molar-refractivity contribution >= 4 is 23.3 Å². The first-order chi connectivity index (χ1) is 17.9. The summed E-state index contributed by atoms with van der Waals surface area (Å²) in [4.78, 5) is 32.8. The normalized spacial score (nSPS) is 11.3. The summed E-state index contributed by atoms with van der Waals surface area (Å²) in [6, 6.07) is 7.25. The van der Waals surface area contributed by atoms with Crippen molar-refractivity contribution in [3.05, 3.63) is 65.2 Å². The molecule has 0 saturated carbocycles. The number of anilines is 1. The van der Waals surface area contributed by atoms with E-state index in [9.17, 15) is 27.2 Å². The number of pyridine rings is 1. The molecule has 3 aromatic heterocycles. The molecule has 0 aliphatic carbocycles. The molecule has 14 heteroatoms. The molecule has 0 saturated heterocycles. The molecule has 198 valence electrons. The van der Waals surface area contributed by atoms with Gasteiger partial charge in [0.25, 0.3) is 5.91 Å². The summed E-state index contributed by atoms with van der Waals surface area (Å²) in [5.41, 5.74) is 1.67. The first-order valence-electron chi connectivity index (χ1n) is 11.0. The number of nitrogens with zero attached hydrogens (tertiary/aromatic N) is 4. The van der Waals surface area contributed by atoms with E-state index >= 15 is 0 Å². The molecule has 4 rings (SSSR count). The Kier molecular flexibility index (Phi) is 7.15. The van der Waals surface area contributed by atoms with Crippen molar-refractivity contribution < 1.29 is 36.6 Å². The molecule has 1 aromatic carbocycles. The van der Waals surface area contributed by atoms with Crippen molar-refractivity contribution in [2.24, 2.45) is 0 Å². The Morgan fingerprint density at radius 1 is 1.13 bits per heavy atom. The minimum atomic E-state index is -4.95. The highest BCUT2D eigenvalue weighted by Gasteiger charge is 2.31. The highest BCUT2D eigenvalue weighted by Crippen LogP contribution is 2.26. The van der Waals surface area contributed by atoms with Gasteiger partial charge >= 0.3 is 6.36 Å². The maximum atomic E-state index is 14.2. The summed E-state index contributed by atoms with van der Waals surface area (Å²) in [7, 11) is 1.30. The van der Waals surface area contributed by atoms with E-state index in [1.54, 1.807) is 19.1 Å². The van der Waals surface area contributed by atoms with Crippen LogP contribution in [0.15, 0.2) is 42.6 Å². The van der Waals surface area contributed by atoms with Gasteiger partial charge in [0, 0.05) is 30.8 Å². The summed E-state index contributed by atoms with van der Waals surface area (Å²) in [5.74, 6) is -2.13. The van der Waals surface area contributed by atoms with E-state index in [0.717, 1.165) is 18.2 Å². The second kappa shape index (κ2) is 10.3. The second-order valence-electron chi connectivity index (χ2n) is 7.98. The Balaban J connectivity index is 1.60. The zero-order valence-electron chi connectivity index (χ0n) is 20.2. The third kappa shape index (κ3) is 5.79. The number of hydrogen-bond donors (Lipinski definition) is 2. The summed E-state index contributed by atoms with van der Waals surface area (Å²) < 4.78 is 62.1. The third-order valence-corrected chi connectivity index (χ3v) is 5.27. The number of hydrogen-bond acceptors (Lipinski definition) is 7. The molecule has 0 unspecified atom stereocenters. The molecule has 0 radical (unpaired) electrons. The molecule has 0 bridgehead atoms. The first-order valence-corrected chi connectivity index (χ1v) is 11.0. The average Bonchev–Trinajstić information content (AvgIpc) is 3.16. The largest absolute Gasteiger partial charge is 0.573 e. The van der Waals surface area contributed by atoms with Crippen LogP contribution in [0, 0.1) is 12.7 Å². The van der Waals surface area contributed by atoms with Crippen LogP contribution in [0.4, 0.5) is 23.4 Å². The van der Waals surface area contributed by atoms with E-state index in [-0.39, 0.29) is 22.9 Å².